The molecule has 8 rings (SSSR count). The third kappa shape index (κ3) is 3.92. The molecule has 0 aliphatic carbocycles. The Bertz CT molecular complexity index is 2260. The van der Waals surface area contributed by atoms with Crippen molar-refractivity contribution in [2.24, 2.45) is 0 Å². The third-order valence-electron chi connectivity index (χ3n) is 7.73. The number of aromatic nitrogens is 3. The van der Waals surface area contributed by atoms with Crippen LogP contribution < -0.4 is 4.74 Å². The van der Waals surface area contributed by atoms with Crippen molar-refractivity contribution < 1.29 is 4.74 Å². The van der Waals surface area contributed by atoms with Crippen LogP contribution in [-0.2, 0) is 0 Å². The number of hydrogen-bond donors (Lipinski definition) is 0. The van der Waals surface area contributed by atoms with Gasteiger partial charge in [0.15, 0.2) is 0 Å². The van der Waals surface area contributed by atoms with E-state index in [0.717, 1.165) is 61.3 Å². The molecule has 0 atom stereocenters. The Morgan fingerprint density at radius 2 is 1.29 bits per heavy atom. The first-order valence-corrected chi connectivity index (χ1v) is 13.7. The van der Waals surface area contributed by atoms with Crippen molar-refractivity contribution in [2.75, 3.05) is 0 Å². The van der Waals surface area contributed by atoms with Gasteiger partial charge in [0.05, 0.1) is 22.2 Å². The monoisotopic (exact) mass is 527 g/mol. The maximum atomic E-state index is 6.50. The van der Waals surface area contributed by atoms with E-state index in [9.17, 15) is 0 Å². The normalized spacial score (nSPS) is 11.5. The van der Waals surface area contributed by atoms with Crippen molar-refractivity contribution in [3.63, 3.8) is 0 Å². The molecule has 0 saturated carbocycles. The fourth-order valence-corrected chi connectivity index (χ4v) is 5.87. The van der Waals surface area contributed by atoms with Crippen LogP contribution in [-0.4, -0.2) is 14.5 Å². The number of nitrogens with zero attached hydrogens (tertiary/aromatic N) is 3. The Morgan fingerprint density at radius 1 is 0.561 bits per heavy atom. The number of fused-ring (bicyclic) bond motifs is 6. The van der Waals surface area contributed by atoms with E-state index in [-0.39, 0.29) is 0 Å². The van der Waals surface area contributed by atoms with Gasteiger partial charge < -0.3 is 4.74 Å². The van der Waals surface area contributed by atoms with Gasteiger partial charge in [-0.05, 0) is 66.4 Å². The number of para-hydroxylation sites is 2. The summed E-state index contributed by atoms with van der Waals surface area (Å²) < 4.78 is 8.71. The summed E-state index contributed by atoms with van der Waals surface area (Å²) >= 11 is 0. The molecule has 41 heavy (non-hydrogen) atoms. The number of hydrogen-bond acceptors (Lipinski definition) is 3. The van der Waals surface area contributed by atoms with Gasteiger partial charge in [-0.2, -0.15) is 0 Å². The lowest BCUT2D eigenvalue weighted by molar-refractivity contribution is 0.483. The molecule has 4 nitrogen and oxygen atoms in total. The van der Waals surface area contributed by atoms with E-state index in [4.69, 9.17) is 14.7 Å². The van der Waals surface area contributed by atoms with Crippen molar-refractivity contribution in [2.45, 2.75) is 6.92 Å². The van der Waals surface area contributed by atoms with E-state index >= 15 is 0 Å². The second-order valence-electron chi connectivity index (χ2n) is 10.4. The van der Waals surface area contributed by atoms with Crippen molar-refractivity contribution >= 4 is 43.5 Å². The first-order chi connectivity index (χ1) is 20.2. The quantitative estimate of drug-likeness (QED) is 0.214. The van der Waals surface area contributed by atoms with Gasteiger partial charge in [0, 0.05) is 39.4 Å². The van der Waals surface area contributed by atoms with Crippen LogP contribution in [0.15, 0.2) is 134 Å². The van der Waals surface area contributed by atoms with Crippen LogP contribution in [0.1, 0.15) is 5.56 Å². The second-order valence-corrected chi connectivity index (χ2v) is 10.4. The minimum absolute atomic E-state index is 0.761. The van der Waals surface area contributed by atoms with Crippen LogP contribution in [0.25, 0.3) is 60.6 Å². The lowest BCUT2D eigenvalue weighted by Gasteiger charge is -2.12. The largest absolute Gasteiger partial charge is 0.457 e. The highest BCUT2D eigenvalue weighted by atomic mass is 16.5. The maximum absolute atomic E-state index is 6.50. The van der Waals surface area contributed by atoms with Crippen molar-refractivity contribution in [1.82, 2.24) is 14.5 Å². The number of rotatable bonds is 4. The van der Waals surface area contributed by atoms with E-state index in [0.29, 0.717) is 0 Å². The van der Waals surface area contributed by atoms with Crippen LogP contribution in [0, 0.1) is 6.92 Å². The van der Waals surface area contributed by atoms with Crippen LogP contribution in [0.3, 0.4) is 0 Å². The van der Waals surface area contributed by atoms with Gasteiger partial charge in [-0.15, -0.1) is 0 Å². The lowest BCUT2D eigenvalue weighted by Crippen LogP contribution is -1.97. The summed E-state index contributed by atoms with van der Waals surface area (Å²) in [6.07, 6.45) is 1.86. The highest BCUT2D eigenvalue weighted by molar-refractivity contribution is 6.11. The zero-order valence-electron chi connectivity index (χ0n) is 22.5. The van der Waals surface area contributed by atoms with Crippen molar-refractivity contribution in [1.29, 1.82) is 0 Å². The Balaban J connectivity index is 1.24. The Kier molecular flexibility index (Phi) is 5.32. The number of benzene rings is 5. The Morgan fingerprint density at radius 3 is 2.17 bits per heavy atom. The third-order valence-corrected chi connectivity index (χ3v) is 7.73. The van der Waals surface area contributed by atoms with Crippen molar-refractivity contribution in [3.8, 4) is 28.6 Å². The van der Waals surface area contributed by atoms with E-state index < -0.39 is 0 Å². The molecule has 0 saturated heterocycles. The zero-order valence-corrected chi connectivity index (χ0v) is 22.5. The molecule has 3 heterocycles. The van der Waals surface area contributed by atoms with Gasteiger partial charge in [0.1, 0.15) is 17.3 Å². The molecular formula is C37H25N3O. The molecule has 8 aromatic rings. The van der Waals surface area contributed by atoms with Gasteiger partial charge in [-0.25, -0.2) is 9.97 Å². The van der Waals surface area contributed by atoms with E-state index in [1.807, 2.05) is 36.5 Å². The predicted molar refractivity (Wildman–Crippen MR) is 168 cm³/mol. The molecule has 5 aromatic carbocycles. The number of aryl methyl sites for hydroxylation is 1. The molecule has 0 bridgehead atoms. The molecule has 194 valence electrons. The number of ether oxygens (including phenoxy) is 1. The number of pyridine rings is 2. The molecule has 4 heteroatoms. The van der Waals surface area contributed by atoms with Crippen LogP contribution in [0.2, 0.25) is 0 Å². The summed E-state index contributed by atoms with van der Waals surface area (Å²) in [5.41, 5.74) is 6.29. The standard InChI is InChI=1S/C37H25N3O/c1-24-19-20-38-36(21-24)40-34-16-7-5-13-30(34)31-18-17-27(23-35(31)40)41-26-10-8-9-25(22-26)37-32-14-3-2-11-28(32)29-12-4-6-15-33(29)39-37/h2-23H,1H3. The van der Waals surface area contributed by atoms with Gasteiger partial charge in [-0.3, -0.25) is 4.57 Å². The van der Waals surface area contributed by atoms with Crippen molar-refractivity contribution in [3.05, 3.63) is 139 Å². The fraction of sp³-hybridized carbons (Fsp3) is 0.0270. The second kappa shape index (κ2) is 9.32. The zero-order chi connectivity index (χ0) is 27.3. The summed E-state index contributed by atoms with van der Waals surface area (Å²) in [5, 5.41) is 5.83. The molecule has 0 unspecified atom stereocenters. The Hall–Kier alpha value is -5.48. The Labute approximate surface area is 237 Å². The van der Waals surface area contributed by atoms with E-state index in [1.54, 1.807) is 0 Å². The average molecular weight is 528 g/mol. The molecule has 0 amide bonds. The van der Waals surface area contributed by atoms with E-state index in [1.165, 1.54) is 16.3 Å². The predicted octanol–water partition coefficient (Wildman–Crippen LogP) is 9.65. The first kappa shape index (κ1) is 23.4. The summed E-state index contributed by atoms with van der Waals surface area (Å²) in [7, 11) is 0. The van der Waals surface area contributed by atoms with Crippen LogP contribution >= 0.6 is 0 Å². The molecule has 3 aromatic heterocycles. The molecule has 0 aliphatic rings. The molecular weight excluding hydrogens is 502 g/mol. The van der Waals surface area contributed by atoms with Gasteiger partial charge in [0.25, 0.3) is 0 Å². The highest BCUT2D eigenvalue weighted by Gasteiger charge is 2.15. The molecule has 0 radical (unpaired) electrons. The summed E-state index contributed by atoms with van der Waals surface area (Å²) in [5.74, 6) is 2.42. The highest BCUT2D eigenvalue weighted by Crippen LogP contribution is 2.37. The average Bonchev–Trinajstić information content (AvgIpc) is 3.34. The molecule has 0 N–H and O–H groups in total. The van der Waals surface area contributed by atoms with Gasteiger partial charge in [0.2, 0.25) is 0 Å². The van der Waals surface area contributed by atoms with E-state index in [2.05, 4.69) is 109 Å². The molecule has 0 aliphatic heterocycles. The smallest absolute Gasteiger partial charge is 0.137 e. The van der Waals surface area contributed by atoms with Gasteiger partial charge >= 0.3 is 0 Å². The molecule has 0 spiro atoms. The molecule has 0 fully saturated rings. The summed E-state index contributed by atoms with van der Waals surface area (Å²) in [6, 6.07) is 43.8. The van der Waals surface area contributed by atoms with Gasteiger partial charge in [-0.1, -0.05) is 72.8 Å². The minimum atomic E-state index is 0.761. The minimum Gasteiger partial charge on any atom is -0.457 e. The first-order valence-electron chi connectivity index (χ1n) is 13.7. The van der Waals surface area contributed by atoms with Crippen LogP contribution in [0.4, 0.5) is 0 Å². The summed E-state index contributed by atoms with van der Waals surface area (Å²) in [4.78, 5) is 9.78. The maximum Gasteiger partial charge on any atom is 0.137 e. The summed E-state index contributed by atoms with van der Waals surface area (Å²) in [6.45, 7) is 2.09. The SMILES string of the molecule is Cc1ccnc(-n2c3ccccc3c3ccc(Oc4cccc(-c5nc6ccccc6c6ccccc56)c4)cc32)c1. The van der Waals surface area contributed by atoms with Crippen LogP contribution in [0.5, 0.6) is 11.5 Å². The topological polar surface area (TPSA) is 39.9 Å². The lowest BCUT2D eigenvalue weighted by atomic mass is 10.00. The fourth-order valence-electron chi connectivity index (χ4n) is 5.87.